The van der Waals surface area contributed by atoms with E-state index in [0.29, 0.717) is 12.8 Å². The van der Waals surface area contributed by atoms with E-state index in [9.17, 15) is 9.90 Å². The Bertz CT molecular complexity index is 861. The molecule has 0 saturated carbocycles. The minimum Gasteiger partial charge on any atom is -0.396 e. The maximum Gasteiger partial charge on any atom is 0.163 e. The summed E-state index contributed by atoms with van der Waals surface area (Å²) in [6.45, 7) is 2.02. The molecule has 1 aromatic heterocycles. The van der Waals surface area contributed by atoms with Crippen molar-refractivity contribution >= 4 is 16.7 Å². The molecule has 0 fully saturated rings. The summed E-state index contributed by atoms with van der Waals surface area (Å²) < 4.78 is 2.09. The van der Waals surface area contributed by atoms with Crippen LogP contribution in [0.2, 0.25) is 0 Å². The van der Waals surface area contributed by atoms with Crippen molar-refractivity contribution < 1.29 is 9.90 Å². The summed E-state index contributed by atoms with van der Waals surface area (Å²) in [6.07, 6.45) is 3.20. The lowest BCUT2D eigenvalue weighted by atomic mass is 9.95. The molecule has 3 rings (SSSR count). The number of aryl methyl sites for hydroxylation is 1. The number of para-hydroxylation sites is 1. The largest absolute Gasteiger partial charge is 0.396 e. The van der Waals surface area contributed by atoms with Gasteiger partial charge in [-0.1, -0.05) is 49.4 Å². The second-order valence-corrected chi connectivity index (χ2v) is 5.76. The Morgan fingerprint density at radius 2 is 1.87 bits per heavy atom. The highest BCUT2D eigenvalue weighted by Gasteiger charge is 2.16. The summed E-state index contributed by atoms with van der Waals surface area (Å²) in [7, 11) is 2.01. The summed E-state index contributed by atoms with van der Waals surface area (Å²) in [4.78, 5) is 12.3. The molecular formula is C20H21NO2. The predicted octanol–water partition coefficient (Wildman–Crippen LogP) is 3.97. The van der Waals surface area contributed by atoms with E-state index in [1.54, 1.807) is 0 Å². The molecule has 118 valence electrons. The highest BCUT2D eigenvalue weighted by molar-refractivity contribution is 6.07. The van der Waals surface area contributed by atoms with Gasteiger partial charge in [-0.2, -0.15) is 0 Å². The molecule has 0 unspecified atom stereocenters. The predicted molar refractivity (Wildman–Crippen MR) is 93.8 cm³/mol. The fourth-order valence-corrected chi connectivity index (χ4v) is 3.24. The second kappa shape index (κ2) is 6.39. The SMILES string of the molecule is CCC(=O)c1ccccc1-c1cn(C)c2c(CCO)cccc12. The molecule has 0 atom stereocenters. The number of hydrogen-bond donors (Lipinski definition) is 1. The highest BCUT2D eigenvalue weighted by atomic mass is 16.3. The van der Waals surface area contributed by atoms with E-state index in [1.807, 2.05) is 50.4 Å². The molecule has 0 saturated heterocycles. The third kappa shape index (κ3) is 2.68. The van der Waals surface area contributed by atoms with Gasteiger partial charge in [0.05, 0.1) is 5.52 Å². The van der Waals surface area contributed by atoms with E-state index in [0.717, 1.165) is 33.2 Å². The smallest absolute Gasteiger partial charge is 0.163 e. The van der Waals surface area contributed by atoms with Crippen LogP contribution in [0.25, 0.3) is 22.0 Å². The van der Waals surface area contributed by atoms with Crippen molar-refractivity contribution in [1.82, 2.24) is 4.57 Å². The average molecular weight is 307 g/mol. The third-order valence-electron chi connectivity index (χ3n) is 4.31. The Kier molecular flexibility index (Phi) is 4.30. The van der Waals surface area contributed by atoms with Gasteiger partial charge in [0.25, 0.3) is 0 Å². The van der Waals surface area contributed by atoms with Crippen molar-refractivity contribution in [3.8, 4) is 11.1 Å². The monoisotopic (exact) mass is 307 g/mol. The van der Waals surface area contributed by atoms with Crippen LogP contribution in [0.5, 0.6) is 0 Å². The topological polar surface area (TPSA) is 42.2 Å². The number of benzene rings is 2. The first kappa shape index (κ1) is 15.5. The maximum atomic E-state index is 12.3. The molecule has 0 radical (unpaired) electrons. The number of rotatable bonds is 5. The van der Waals surface area contributed by atoms with Gasteiger partial charge in [-0.15, -0.1) is 0 Å². The first-order valence-electron chi connectivity index (χ1n) is 7.97. The van der Waals surface area contributed by atoms with Gasteiger partial charge in [0.15, 0.2) is 5.78 Å². The Labute approximate surface area is 136 Å². The quantitative estimate of drug-likeness (QED) is 0.725. The summed E-state index contributed by atoms with van der Waals surface area (Å²) in [5.41, 5.74) is 5.06. The molecule has 3 nitrogen and oxygen atoms in total. The van der Waals surface area contributed by atoms with Gasteiger partial charge in [0, 0.05) is 42.8 Å². The molecule has 0 aliphatic rings. The Morgan fingerprint density at radius 1 is 1.09 bits per heavy atom. The number of fused-ring (bicyclic) bond motifs is 1. The third-order valence-corrected chi connectivity index (χ3v) is 4.31. The number of ketones is 1. The molecule has 0 bridgehead atoms. The molecule has 2 aromatic carbocycles. The summed E-state index contributed by atoms with van der Waals surface area (Å²) >= 11 is 0. The molecule has 3 aromatic rings. The average Bonchev–Trinajstić information content (AvgIpc) is 2.92. The first-order chi connectivity index (χ1) is 11.2. The maximum absolute atomic E-state index is 12.3. The van der Waals surface area contributed by atoms with Gasteiger partial charge in [0.2, 0.25) is 0 Å². The van der Waals surface area contributed by atoms with Crippen LogP contribution in [0.1, 0.15) is 29.3 Å². The molecular weight excluding hydrogens is 286 g/mol. The lowest BCUT2D eigenvalue weighted by Gasteiger charge is -2.07. The summed E-state index contributed by atoms with van der Waals surface area (Å²) in [6, 6.07) is 13.9. The number of carbonyl (C=O) groups excluding carboxylic acids is 1. The number of Topliss-reactive ketones (excluding diaryl/α,β-unsaturated/α-hetero) is 1. The Balaban J connectivity index is 2.27. The van der Waals surface area contributed by atoms with Crippen LogP contribution in [0.4, 0.5) is 0 Å². The molecule has 1 heterocycles. The van der Waals surface area contributed by atoms with Gasteiger partial charge >= 0.3 is 0 Å². The minimum absolute atomic E-state index is 0.129. The number of aromatic nitrogens is 1. The fraction of sp³-hybridized carbons (Fsp3) is 0.250. The lowest BCUT2D eigenvalue weighted by Crippen LogP contribution is -1.99. The van der Waals surface area contributed by atoms with E-state index < -0.39 is 0 Å². The lowest BCUT2D eigenvalue weighted by molar-refractivity contribution is 0.0989. The standard InChI is InChI=1S/C20H21NO2/c1-3-19(23)16-9-5-4-8-15(16)18-13-21(2)20-14(11-12-22)7-6-10-17(18)20/h4-10,13,22H,3,11-12H2,1-2H3. The molecule has 0 aliphatic heterocycles. The minimum atomic E-state index is 0.129. The van der Waals surface area contributed by atoms with Crippen molar-refractivity contribution in [2.75, 3.05) is 6.61 Å². The Hall–Kier alpha value is -2.39. The molecule has 3 heteroatoms. The summed E-state index contributed by atoms with van der Waals surface area (Å²) in [5.74, 6) is 0.157. The fourth-order valence-electron chi connectivity index (χ4n) is 3.24. The van der Waals surface area contributed by atoms with Crippen LogP contribution in [0.3, 0.4) is 0 Å². The van der Waals surface area contributed by atoms with E-state index in [1.165, 1.54) is 0 Å². The van der Waals surface area contributed by atoms with E-state index >= 15 is 0 Å². The Morgan fingerprint density at radius 3 is 2.61 bits per heavy atom. The number of aliphatic hydroxyl groups is 1. The molecule has 23 heavy (non-hydrogen) atoms. The summed E-state index contributed by atoms with van der Waals surface area (Å²) in [5, 5.41) is 10.4. The van der Waals surface area contributed by atoms with Gasteiger partial charge in [0.1, 0.15) is 0 Å². The molecule has 1 N–H and O–H groups in total. The van der Waals surface area contributed by atoms with E-state index in [-0.39, 0.29) is 12.4 Å². The van der Waals surface area contributed by atoms with Crippen LogP contribution in [0, 0.1) is 0 Å². The second-order valence-electron chi connectivity index (χ2n) is 5.76. The van der Waals surface area contributed by atoms with Crippen molar-refractivity contribution in [2.45, 2.75) is 19.8 Å². The number of aliphatic hydroxyl groups excluding tert-OH is 1. The van der Waals surface area contributed by atoms with Gasteiger partial charge in [-0.05, 0) is 17.5 Å². The number of nitrogens with zero attached hydrogens (tertiary/aromatic N) is 1. The number of carbonyl (C=O) groups is 1. The normalized spacial score (nSPS) is 11.1. The van der Waals surface area contributed by atoms with Crippen LogP contribution < -0.4 is 0 Å². The van der Waals surface area contributed by atoms with Gasteiger partial charge < -0.3 is 9.67 Å². The van der Waals surface area contributed by atoms with Gasteiger partial charge in [-0.25, -0.2) is 0 Å². The zero-order chi connectivity index (χ0) is 16.4. The van der Waals surface area contributed by atoms with Crippen LogP contribution in [0.15, 0.2) is 48.7 Å². The van der Waals surface area contributed by atoms with Crippen LogP contribution in [-0.4, -0.2) is 22.1 Å². The van der Waals surface area contributed by atoms with Crippen molar-refractivity contribution in [1.29, 1.82) is 0 Å². The van der Waals surface area contributed by atoms with E-state index in [4.69, 9.17) is 0 Å². The molecule has 0 amide bonds. The highest BCUT2D eigenvalue weighted by Crippen LogP contribution is 2.34. The first-order valence-corrected chi connectivity index (χ1v) is 7.97. The van der Waals surface area contributed by atoms with Crippen LogP contribution in [-0.2, 0) is 13.5 Å². The van der Waals surface area contributed by atoms with Crippen molar-refractivity contribution in [2.24, 2.45) is 7.05 Å². The zero-order valence-electron chi connectivity index (χ0n) is 13.5. The van der Waals surface area contributed by atoms with Crippen LogP contribution >= 0.6 is 0 Å². The molecule has 0 aliphatic carbocycles. The number of hydrogen-bond acceptors (Lipinski definition) is 2. The van der Waals surface area contributed by atoms with Crippen molar-refractivity contribution in [3.63, 3.8) is 0 Å². The molecule has 0 spiro atoms. The zero-order valence-corrected chi connectivity index (χ0v) is 13.5. The van der Waals surface area contributed by atoms with Gasteiger partial charge in [-0.3, -0.25) is 4.79 Å². The van der Waals surface area contributed by atoms with Crippen molar-refractivity contribution in [3.05, 3.63) is 59.8 Å². The van der Waals surface area contributed by atoms with E-state index in [2.05, 4.69) is 16.8 Å².